The van der Waals surface area contributed by atoms with Crippen LogP contribution >= 0.6 is 11.3 Å². The van der Waals surface area contributed by atoms with Gasteiger partial charge in [-0.15, -0.1) is 0 Å². The lowest BCUT2D eigenvalue weighted by molar-refractivity contribution is -0.141. The number of esters is 1. The third-order valence-corrected chi connectivity index (χ3v) is 7.46. The SMILES string of the molecule is COC(=O)Cn1c(=NC(=O)CCCS(=O)(=O)c2ccc(F)cc2)sc2cc(OC)ccc21. The van der Waals surface area contributed by atoms with E-state index in [0.29, 0.717) is 16.1 Å². The van der Waals surface area contributed by atoms with Crippen molar-refractivity contribution in [2.24, 2.45) is 4.99 Å². The van der Waals surface area contributed by atoms with Crippen LogP contribution in [-0.2, 0) is 30.7 Å². The van der Waals surface area contributed by atoms with Crippen LogP contribution in [0.5, 0.6) is 5.75 Å². The number of amides is 1. The molecule has 0 saturated carbocycles. The average Bonchev–Trinajstić information content (AvgIpc) is 3.09. The summed E-state index contributed by atoms with van der Waals surface area (Å²) in [6.45, 7) is -0.131. The Balaban J connectivity index is 1.79. The number of rotatable bonds is 8. The van der Waals surface area contributed by atoms with Gasteiger partial charge in [0.15, 0.2) is 14.6 Å². The van der Waals surface area contributed by atoms with E-state index in [1.165, 1.54) is 37.7 Å². The lowest BCUT2D eigenvalue weighted by atomic mass is 10.3. The van der Waals surface area contributed by atoms with E-state index in [1.54, 1.807) is 22.8 Å². The number of aromatic nitrogens is 1. The maximum Gasteiger partial charge on any atom is 0.325 e. The zero-order valence-corrected chi connectivity index (χ0v) is 19.0. The predicted octanol–water partition coefficient (Wildman–Crippen LogP) is 2.70. The van der Waals surface area contributed by atoms with Crippen LogP contribution in [0, 0.1) is 5.82 Å². The van der Waals surface area contributed by atoms with Crippen LogP contribution in [0.15, 0.2) is 52.4 Å². The molecule has 1 aromatic heterocycles. The third kappa shape index (κ3) is 5.60. The van der Waals surface area contributed by atoms with Crippen molar-refractivity contribution in [3.05, 3.63) is 53.1 Å². The molecule has 0 aliphatic carbocycles. The molecule has 8 nitrogen and oxygen atoms in total. The molecule has 32 heavy (non-hydrogen) atoms. The minimum atomic E-state index is -3.64. The summed E-state index contributed by atoms with van der Waals surface area (Å²) < 4.78 is 50.0. The Labute approximate surface area is 187 Å². The van der Waals surface area contributed by atoms with Gasteiger partial charge in [0.25, 0.3) is 0 Å². The van der Waals surface area contributed by atoms with Gasteiger partial charge < -0.3 is 14.0 Å². The molecule has 0 spiro atoms. The number of fused-ring (bicyclic) bond motifs is 1. The van der Waals surface area contributed by atoms with Gasteiger partial charge in [-0.25, -0.2) is 12.8 Å². The normalized spacial score (nSPS) is 12.2. The molecule has 2 aromatic carbocycles. The summed E-state index contributed by atoms with van der Waals surface area (Å²) in [4.78, 5) is 28.7. The Morgan fingerprint density at radius 3 is 2.50 bits per heavy atom. The van der Waals surface area contributed by atoms with Crippen molar-refractivity contribution in [3.63, 3.8) is 0 Å². The van der Waals surface area contributed by atoms with Crippen LogP contribution in [-0.4, -0.2) is 44.8 Å². The zero-order chi connectivity index (χ0) is 23.3. The van der Waals surface area contributed by atoms with Crippen molar-refractivity contribution >= 4 is 43.3 Å². The Hall–Kier alpha value is -3.05. The molecular weight excluding hydrogens is 459 g/mol. The van der Waals surface area contributed by atoms with Crippen LogP contribution < -0.4 is 9.54 Å². The molecule has 3 rings (SSSR count). The predicted molar refractivity (Wildman–Crippen MR) is 117 cm³/mol. The van der Waals surface area contributed by atoms with Crippen LogP contribution in [0.3, 0.4) is 0 Å². The first kappa shape index (κ1) is 23.6. The summed E-state index contributed by atoms with van der Waals surface area (Å²) >= 11 is 1.21. The first-order chi connectivity index (χ1) is 15.2. The molecule has 0 aliphatic rings. The van der Waals surface area contributed by atoms with Gasteiger partial charge in [0, 0.05) is 6.42 Å². The minimum absolute atomic E-state index is 0.00217. The second-order valence-electron chi connectivity index (χ2n) is 6.76. The maximum absolute atomic E-state index is 13.0. The fourth-order valence-corrected chi connectivity index (χ4v) is 5.33. The van der Waals surface area contributed by atoms with Crippen molar-refractivity contribution < 1.29 is 31.9 Å². The van der Waals surface area contributed by atoms with Gasteiger partial charge in [0.1, 0.15) is 18.1 Å². The van der Waals surface area contributed by atoms with Gasteiger partial charge in [-0.1, -0.05) is 11.3 Å². The number of methoxy groups -OCH3 is 2. The number of hydrogen-bond acceptors (Lipinski definition) is 7. The summed E-state index contributed by atoms with van der Waals surface area (Å²) in [6.07, 6.45) is -0.0476. The second-order valence-corrected chi connectivity index (χ2v) is 9.88. The van der Waals surface area contributed by atoms with E-state index in [9.17, 15) is 22.4 Å². The Morgan fingerprint density at radius 1 is 1.12 bits per heavy atom. The minimum Gasteiger partial charge on any atom is -0.497 e. The summed E-state index contributed by atoms with van der Waals surface area (Å²) in [5.74, 6) is -1.20. The van der Waals surface area contributed by atoms with Crippen molar-refractivity contribution in [1.29, 1.82) is 0 Å². The molecule has 0 radical (unpaired) electrons. The van der Waals surface area contributed by atoms with Gasteiger partial charge in [-0.3, -0.25) is 9.59 Å². The molecule has 0 atom stereocenters. The first-order valence-corrected chi connectivity index (χ1v) is 12.0. The Bertz CT molecular complexity index is 1310. The van der Waals surface area contributed by atoms with E-state index in [-0.39, 0.29) is 30.0 Å². The average molecular weight is 481 g/mol. The number of ether oxygens (including phenoxy) is 2. The molecule has 1 heterocycles. The van der Waals surface area contributed by atoms with Crippen LogP contribution in [0.4, 0.5) is 4.39 Å². The molecule has 0 aliphatic heterocycles. The summed E-state index contributed by atoms with van der Waals surface area (Å²) in [5.41, 5.74) is 0.687. The summed E-state index contributed by atoms with van der Waals surface area (Å²) in [5, 5.41) is 0. The highest BCUT2D eigenvalue weighted by molar-refractivity contribution is 7.91. The largest absolute Gasteiger partial charge is 0.497 e. The second kappa shape index (κ2) is 10.0. The van der Waals surface area contributed by atoms with Gasteiger partial charge in [-0.2, -0.15) is 4.99 Å². The highest BCUT2D eigenvalue weighted by Gasteiger charge is 2.16. The molecule has 3 aromatic rings. The van der Waals surface area contributed by atoms with E-state index in [4.69, 9.17) is 9.47 Å². The highest BCUT2D eigenvalue weighted by atomic mass is 32.2. The van der Waals surface area contributed by atoms with Crippen LogP contribution in [0.1, 0.15) is 12.8 Å². The molecule has 0 bridgehead atoms. The van der Waals surface area contributed by atoms with Gasteiger partial charge in [-0.05, 0) is 48.9 Å². The Morgan fingerprint density at radius 2 is 1.84 bits per heavy atom. The number of hydrogen-bond donors (Lipinski definition) is 0. The summed E-state index contributed by atoms with van der Waals surface area (Å²) in [7, 11) is -0.838. The smallest absolute Gasteiger partial charge is 0.325 e. The molecule has 11 heteroatoms. The fourth-order valence-electron chi connectivity index (χ4n) is 2.95. The van der Waals surface area contributed by atoms with Crippen molar-refractivity contribution in [2.75, 3.05) is 20.0 Å². The van der Waals surface area contributed by atoms with Crippen LogP contribution in [0.2, 0.25) is 0 Å². The standard InChI is InChI=1S/C21H21FN2O6S2/c1-29-15-7-10-17-18(12-15)31-21(24(17)13-20(26)30-2)23-19(25)4-3-11-32(27,28)16-8-5-14(22)6-9-16/h5-10,12H,3-4,11,13H2,1-2H3. The fraction of sp³-hybridized carbons (Fsp3) is 0.286. The number of thiazole rings is 1. The number of carbonyl (C=O) groups is 2. The Kier molecular flexibility index (Phi) is 7.41. The van der Waals surface area contributed by atoms with Gasteiger partial charge in [0.2, 0.25) is 5.91 Å². The van der Waals surface area contributed by atoms with Gasteiger partial charge in [0.05, 0.1) is 35.1 Å². The molecular formula is C21H21FN2O6S2. The van der Waals surface area contributed by atoms with E-state index >= 15 is 0 Å². The first-order valence-electron chi connectivity index (χ1n) is 9.53. The highest BCUT2D eigenvalue weighted by Crippen LogP contribution is 2.23. The van der Waals surface area contributed by atoms with Crippen LogP contribution in [0.25, 0.3) is 10.2 Å². The number of halogens is 1. The number of benzene rings is 2. The monoisotopic (exact) mass is 480 g/mol. The van der Waals surface area contributed by atoms with E-state index in [0.717, 1.165) is 16.8 Å². The van der Waals surface area contributed by atoms with E-state index < -0.39 is 27.5 Å². The van der Waals surface area contributed by atoms with Gasteiger partial charge >= 0.3 is 5.97 Å². The number of carbonyl (C=O) groups excluding carboxylic acids is 2. The van der Waals surface area contributed by atoms with E-state index in [1.807, 2.05) is 0 Å². The maximum atomic E-state index is 13.0. The number of sulfone groups is 1. The zero-order valence-electron chi connectivity index (χ0n) is 17.4. The lowest BCUT2D eigenvalue weighted by Crippen LogP contribution is -2.22. The molecule has 0 fully saturated rings. The summed E-state index contributed by atoms with van der Waals surface area (Å²) in [6, 6.07) is 9.79. The molecule has 0 N–H and O–H groups in total. The van der Waals surface area contributed by atoms with Crippen molar-refractivity contribution in [2.45, 2.75) is 24.3 Å². The molecule has 0 unspecified atom stereocenters. The van der Waals surface area contributed by atoms with E-state index in [2.05, 4.69) is 4.99 Å². The van der Waals surface area contributed by atoms with Crippen molar-refractivity contribution in [1.82, 2.24) is 4.57 Å². The molecule has 0 saturated heterocycles. The molecule has 1 amide bonds. The topological polar surface area (TPSA) is 104 Å². The molecule has 170 valence electrons. The lowest BCUT2D eigenvalue weighted by Gasteiger charge is -2.05. The van der Waals surface area contributed by atoms with Crippen molar-refractivity contribution in [3.8, 4) is 5.75 Å². The third-order valence-electron chi connectivity index (χ3n) is 4.60. The number of nitrogens with zero attached hydrogens (tertiary/aromatic N) is 2. The quantitative estimate of drug-likeness (QED) is 0.363.